The van der Waals surface area contributed by atoms with Crippen molar-refractivity contribution in [1.82, 2.24) is 9.88 Å². The lowest BCUT2D eigenvalue weighted by Gasteiger charge is -2.35. The van der Waals surface area contributed by atoms with Crippen molar-refractivity contribution in [2.24, 2.45) is 0 Å². The fourth-order valence-electron chi connectivity index (χ4n) is 3.22. The van der Waals surface area contributed by atoms with Crippen LogP contribution in [0.15, 0.2) is 33.5 Å². The Morgan fingerprint density at radius 3 is 2.42 bits per heavy atom. The summed E-state index contributed by atoms with van der Waals surface area (Å²) in [5.74, 6) is 0.195. The molecule has 170 valence electrons. The number of anilines is 1. The van der Waals surface area contributed by atoms with Crippen LogP contribution in [0.3, 0.4) is 0 Å². The summed E-state index contributed by atoms with van der Waals surface area (Å²) in [5, 5.41) is 1.48. The summed E-state index contributed by atoms with van der Waals surface area (Å²) in [5.41, 5.74) is 0.287. The number of carbonyl (C=O) groups is 1. The minimum Gasteiger partial charge on any atom is -0.490 e. The number of amides is 1. The minimum absolute atomic E-state index is 0.114. The number of rotatable bonds is 7. The number of hydrogen-bond donors (Lipinski definition) is 0. The third-order valence-electron chi connectivity index (χ3n) is 4.63. The maximum absolute atomic E-state index is 13.3. The van der Waals surface area contributed by atoms with Gasteiger partial charge in [0.2, 0.25) is 0 Å². The number of piperazine rings is 1. The zero-order valence-corrected chi connectivity index (χ0v) is 20.9. The highest BCUT2D eigenvalue weighted by Gasteiger charge is 2.27. The molecule has 2 heterocycles. The van der Waals surface area contributed by atoms with Gasteiger partial charge in [0.25, 0.3) is 5.91 Å². The van der Waals surface area contributed by atoms with Gasteiger partial charge in [0.15, 0.2) is 15.0 Å². The first-order chi connectivity index (χ1) is 14.5. The molecule has 1 aliphatic heterocycles. The van der Waals surface area contributed by atoms with Crippen molar-refractivity contribution < 1.29 is 17.9 Å². The van der Waals surface area contributed by atoms with Crippen LogP contribution in [0.5, 0.6) is 5.75 Å². The van der Waals surface area contributed by atoms with Crippen molar-refractivity contribution in [1.29, 1.82) is 0 Å². The number of carbonyl (C=O) groups excluding carboxylic acids is 1. The number of thiazole rings is 1. The van der Waals surface area contributed by atoms with Crippen molar-refractivity contribution in [3.05, 3.63) is 30.0 Å². The van der Waals surface area contributed by atoms with Crippen molar-refractivity contribution in [3.63, 3.8) is 0 Å². The van der Waals surface area contributed by atoms with Gasteiger partial charge in [-0.1, -0.05) is 25.2 Å². The number of thioether (sulfide) groups is 1. The van der Waals surface area contributed by atoms with E-state index in [2.05, 4.69) is 23.7 Å². The van der Waals surface area contributed by atoms with E-state index in [1.165, 1.54) is 16.3 Å². The van der Waals surface area contributed by atoms with Crippen LogP contribution in [0.25, 0.3) is 0 Å². The number of aromatic nitrogens is 1. The van der Waals surface area contributed by atoms with Gasteiger partial charge < -0.3 is 14.5 Å². The van der Waals surface area contributed by atoms with Crippen LogP contribution in [0, 0.1) is 0 Å². The second-order valence-corrected chi connectivity index (χ2v) is 12.9. The van der Waals surface area contributed by atoms with E-state index < -0.39 is 9.84 Å². The largest absolute Gasteiger partial charge is 0.490 e. The molecule has 3 rings (SSSR count). The van der Waals surface area contributed by atoms with Gasteiger partial charge in [-0.25, -0.2) is 13.4 Å². The fourth-order valence-corrected chi connectivity index (χ4v) is 6.14. The van der Waals surface area contributed by atoms with Gasteiger partial charge in [-0.3, -0.25) is 4.79 Å². The van der Waals surface area contributed by atoms with Gasteiger partial charge >= 0.3 is 0 Å². The van der Waals surface area contributed by atoms with Crippen LogP contribution in [0.2, 0.25) is 0 Å². The van der Waals surface area contributed by atoms with Crippen LogP contribution in [0.1, 0.15) is 38.1 Å². The summed E-state index contributed by atoms with van der Waals surface area (Å²) in [4.78, 5) is 21.9. The Bertz CT molecular complexity index is 1030. The molecule has 1 aliphatic rings. The highest BCUT2D eigenvalue weighted by Crippen LogP contribution is 2.33. The van der Waals surface area contributed by atoms with Gasteiger partial charge in [-0.15, -0.1) is 11.8 Å². The second-order valence-electron chi connectivity index (χ2n) is 8.00. The average molecular weight is 484 g/mol. The monoisotopic (exact) mass is 483 g/mol. The molecule has 1 aromatic heterocycles. The standard InChI is InChI=1S/C21H29N3O4S3/c1-14(2)28-18-7-6-16(31(5,26)27)12-17(18)20(25)23-8-10-24(11-9-23)21-22-13-19(30-21)29-15(3)4/h6-7,12-15H,8-11H2,1-5H3. The first kappa shape index (κ1) is 23.9. The van der Waals surface area contributed by atoms with Crippen LogP contribution in [-0.4, -0.2) is 68.0 Å². The van der Waals surface area contributed by atoms with E-state index in [-0.39, 0.29) is 22.5 Å². The Hall–Kier alpha value is -1.78. The van der Waals surface area contributed by atoms with Gasteiger partial charge in [0.1, 0.15) is 5.75 Å². The lowest BCUT2D eigenvalue weighted by atomic mass is 10.1. The molecule has 1 saturated heterocycles. The summed E-state index contributed by atoms with van der Waals surface area (Å²) >= 11 is 3.47. The lowest BCUT2D eigenvalue weighted by Crippen LogP contribution is -2.48. The summed E-state index contributed by atoms with van der Waals surface area (Å²) in [7, 11) is -3.43. The quantitative estimate of drug-likeness (QED) is 0.554. The molecule has 0 spiro atoms. The first-order valence-electron chi connectivity index (χ1n) is 10.2. The molecule has 10 heteroatoms. The van der Waals surface area contributed by atoms with E-state index >= 15 is 0 Å². The summed E-state index contributed by atoms with van der Waals surface area (Å²) in [6.07, 6.45) is 2.92. The number of benzene rings is 1. The summed E-state index contributed by atoms with van der Waals surface area (Å²) in [6, 6.07) is 4.48. The van der Waals surface area contributed by atoms with Gasteiger partial charge in [0.05, 0.1) is 27.0 Å². The molecule has 2 aromatic rings. The molecule has 1 aromatic carbocycles. The highest BCUT2D eigenvalue weighted by molar-refractivity contribution is 8.01. The normalized spacial score (nSPS) is 15.1. The number of hydrogen-bond acceptors (Lipinski definition) is 8. The second kappa shape index (κ2) is 9.79. The first-order valence-corrected chi connectivity index (χ1v) is 13.8. The fraction of sp³-hybridized carbons (Fsp3) is 0.524. The van der Waals surface area contributed by atoms with Gasteiger partial charge in [-0.05, 0) is 32.0 Å². The van der Waals surface area contributed by atoms with Crippen LogP contribution >= 0.6 is 23.1 Å². The third-order valence-corrected chi connectivity index (χ3v) is 7.94. The molecule has 0 saturated carbocycles. The van der Waals surface area contributed by atoms with E-state index in [1.807, 2.05) is 20.0 Å². The van der Waals surface area contributed by atoms with E-state index in [9.17, 15) is 13.2 Å². The molecule has 0 aliphatic carbocycles. The molecule has 31 heavy (non-hydrogen) atoms. The number of sulfone groups is 1. The molecule has 1 amide bonds. The smallest absolute Gasteiger partial charge is 0.257 e. The SMILES string of the molecule is CC(C)Oc1ccc(S(C)(=O)=O)cc1C(=O)N1CCN(c2ncc(SC(C)C)s2)CC1. The molecule has 0 bridgehead atoms. The molecule has 0 atom stereocenters. The van der Waals surface area contributed by atoms with Crippen molar-refractivity contribution in [3.8, 4) is 5.75 Å². The van der Waals surface area contributed by atoms with Crippen molar-refractivity contribution in [2.75, 3.05) is 37.3 Å². The average Bonchev–Trinajstić information content (AvgIpc) is 3.14. The van der Waals surface area contributed by atoms with E-state index in [0.717, 1.165) is 11.4 Å². The molecule has 0 radical (unpaired) electrons. The van der Waals surface area contributed by atoms with Crippen LogP contribution in [0.4, 0.5) is 5.13 Å². The number of nitrogens with zero attached hydrogens (tertiary/aromatic N) is 3. The summed E-state index contributed by atoms with van der Waals surface area (Å²) in [6.45, 7) is 10.5. The maximum Gasteiger partial charge on any atom is 0.257 e. The minimum atomic E-state index is -3.43. The lowest BCUT2D eigenvalue weighted by molar-refractivity contribution is 0.0740. The molecular formula is C21H29N3O4S3. The number of ether oxygens (including phenoxy) is 1. The van der Waals surface area contributed by atoms with E-state index in [1.54, 1.807) is 34.1 Å². The van der Waals surface area contributed by atoms with Gasteiger partial charge in [-0.2, -0.15) is 0 Å². The molecule has 0 N–H and O–H groups in total. The predicted octanol–water partition coefficient (Wildman–Crippen LogP) is 3.80. The predicted molar refractivity (Wildman–Crippen MR) is 127 cm³/mol. The maximum atomic E-state index is 13.3. The Morgan fingerprint density at radius 1 is 1.16 bits per heavy atom. The zero-order chi connectivity index (χ0) is 22.8. The van der Waals surface area contributed by atoms with Crippen LogP contribution in [-0.2, 0) is 9.84 Å². The molecule has 7 nitrogen and oxygen atoms in total. The Balaban J connectivity index is 1.74. The highest BCUT2D eigenvalue weighted by atomic mass is 32.2. The molecular weight excluding hydrogens is 454 g/mol. The van der Waals surface area contributed by atoms with Crippen LogP contribution < -0.4 is 9.64 Å². The van der Waals surface area contributed by atoms with Gasteiger partial charge in [0, 0.05) is 37.7 Å². The third kappa shape index (κ3) is 6.14. The zero-order valence-electron chi connectivity index (χ0n) is 18.5. The van der Waals surface area contributed by atoms with Crippen molar-refractivity contribution >= 4 is 44.0 Å². The molecule has 1 fully saturated rings. The Kier molecular flexibility index (Phi) is 7.54. The Morgan fingerprint density at radius 2 is 1.84 bits per heavy atom. The van der Waals surface area contributed by atoms with E-state index in [0.29, 0.717) is 37.2 Å². The molecule has 0 unspecified atom stereocenters. The topological polar surface area (TPSA) is 79.8 Å². The van der Waals surface area contributed by atoms with Crippen molar-refractivity contribution in [2.45, 2.75) is 48.2 Å². The van der Waals surface area contributed by atoms with E-state index in [4.69, 9.17) is 4.74 Å². The summed E-state index contributed by atoms with van der Waals surface area (Å²) < 4.78 is 31.0. The Labute approximate surface area is 192 Å².